The van der Waals surface area contributed by atoms with Gasteiger partial charge in [-0.3, -0.25) is 0 Å². The van der Waals surface area contributed by atoms with E-state index in [0.717, 1.165) is 12.8 Å². The molecule has 1 atom stereocenters. The zero-order chi connectivity index (χ0) is 8.91. The smallest absolute Gasteiger partial charge is 0.105 e. The number of ether oxygens (including phenoxy) is 1. The van der Waals surface area contributed by atoms with Crippen molar-refractivity contribution in [2.45, 2.75) is 45.4 Å². The molecule has 0 aliphatic rings. The predicted molar refractivity (Wildman–Crippen MR) is 47.1 cm³/mol. The summed E-state index contributed by atoms with van der Waals surface area (Å²) in [6, 6.07) is 0. The summed E-state index contributed by atoms with van der Waals surface area (Å²) in [6.45, 7) is 6.61. The van der Waals surface area contributed by atoms with Crippen LogP contribution in [-0.2, 0) is 4.74 Å². The molecule has 0 spiro atoms. The molecule has 0 aromatic heterocycles. The standard InChI is InChI=1S/C8H20N2O/c1-4-7(9)11-6-5-8(2,3)10/h7H,4-6,9-10H2,1-3H3. The molecule has 11 heavy (non-hydrogen) atoms. The average Bonchev–Trinajstić information content (AvgIpc) is 1.85. The zero-order valence-electron chi connectivity index (χ0n) is 7.76. The van der Waals surface area contributed by atoms with E-state index in [0.29, 0.717) is 6.61 Å². The van der Waals surface area contributed by atoms with Gasteiger partial charge in [0.15, 0.2) is 0 Å². The quantitative estimate of drug-likeness (QED) is 0.585. The molecule has 0 fully saturated rings. The highest BCUT2D eigenvalue weighted by Crippen LogP contribution is 2.03. The van der Waals surface area contributed by atoms with Gasteiger partial charge < -0.3 is 16.2 Å². The van der Waals surface area contributed by atoms with E-state index in [1.54, 1.807) is 0 Å². The molecule has 0 aromatic rings. The van der Waals surface area contributed by atoms with Crippen molar-refractivity contribution in [3.63, 3.8) is 0 Å². The van der Waals surface area contributed by atoms with Crippen LogP contribution in [0.4, 0.5) is 0 Å². The summed E-state index contributed by atoms with van der Waals surface area (Å²) in [5.74, 6) is 0. The van der Waals surface area contributed by atoms with Gasteiger partial charge in [0.25, 0.3) is 0 Å². The number of nitrogens with two attached hydrogens (primary N) is 2. The highest BCUT2D eigenvalue weighted by Gasteiger charge is 2.10. The molecule has 0 aliphatic carbocycles. The van der Waals surface area contributed by atoms with E-state index in [1.807, 2.05) is 20.8 Å². The summed E-state index contributed by atoms with van der Waals surface area (Å²) < 4.78 is 5.26. The van der Waals surface area contributed by atoms with Gasteiger partial charge in [-0.1, -0.05) is 6.92 Å². The van der Waals surface area contributed by atoms with Crippen molar-refractivity contribution in [2.75, 3.05) is 6.61 Å². The molecule has 0 amide bonds. The number of rotatable bonds is 5. The van der Waals surface area contributed by atoms with E-state index in [1.165, 1.54) is 0 Å². The van der Waals surface area contributed by atoms with E-state index in [-0.39, 0.29) is 11.8 Å². The van der Waals surface area contributed by atoms with Gasteiger partial charge in [-0.15, -0.1) is 0 Å². The Labute approximate surface area is 69.1 Å². The van der Waals surface area contributed by atoms with Gasteiger partial charge in [0.1, 0.15) is 6.23 Å². The molecule has 3 nitrogen and oxygen atoms in total. The van der Waals surface area contributed by atoms with E-state index in [2.05, 4.69) is 0 Å². The Morgan fingerprint density at radius 2 is 2.00 bits per heavy atom. The molecular weight excluding hydrogens is 140 g/mol. The zero-order valence-corrected chi connectivity index (χ0v) is 7.76. The SMILES string of the molecule is CCC(N)OCCC(C)(C)N. The van der Waals surface area contributed by atoms with Crippen LogP contribution in [0.25, 0.3) is 0 Å². The van der Waals surface area contributed by atoms with Gasteiger partial charge in [-0.25, -0.2) is 0 Å². The van der Waals surface area contributed by atoms with Crippen molar-refractivity contribution in [3.8, 4) is 0 Å². The molecule has 0 saturated carbocycles. The van der Waals surface area contributed by atoms with Gasteiger partial charge in [0.2, 0.25) is 0 Å². The Bertz CT molecular complexity index is 98.8. The molecule has 4 N–H and O–H groups in total. The van der Waals surface area contributed by atoms with Crippen LogP contribution in [0, 0.1) is 0 Å². The average molecular weight is 160 g/mol. The molecule has 0 aliphatic heterocycles. The Morgan fingerprint density at radius 1 is 1.45 bits per heavy atom. The first-order valence-corrected chi connectivity index (χ1v) is 4.12. The van der Waals surface area contributed by atoms with Crippen molar-refractivity contribution in [1.82, 2.24) is 0 Å². The lowest BCUT2D eigenvalue weighted by Crippen LogP contribution is -2.34. The first-order valence-electron chi connectivity index (χ1n) is 4.12. The van der Waals surface area contributed by atoms with E-state index in [9.17, 15) is 0 Å². The van der Waals surface area contributed by atoms with Crippen LogP contribution >= 0.6 is 0 Å². The molecule has 0 heterocycles. The molecule has 0 saturated heterocycles. The van der Waals surface area contributed by atoms with Crippen LogP contribution in [0.15, 0.2) is 0 Å². The summed E-state index contributed by atoms with van der Waals surface area (Å²) in [5, 5.41) is 0. The third-order valence-electron chi connectivity index (χ3n) is 1.48. The number of hydrogen-bond acceptors (Lipinski definition) is 3. The van der Waals surface area contributed by atoms with Crippen molar-refractivity contribution < 1.29 is 4.74 Å². The van der Waals surface area contributed by atoms with E-state index >= 15 is 0 Å². The third kappa shape index (κ3) is 7.78. The van der Waals surface area contributed by atoms with Crippen molar-refractivity contribution in [3.05, 3.63) is 0 Å². The Balaban J connectivity index is 3.28. The summed E-state index contributed by atoms with van der Waals surface area (Å²) in [6.07, 6.45) is 1.57. The Kier molecular flexibility index (Phi) is 4.65. The van der Waals surface area contributed by atoms with Gasteiger partial charge >= 0.3 is 0 Å². The predicted octanol–water partition coefficient (Wildman–Crippen LogP) is 0.825. The van der Waals surface area contributed by atoms with Gasteiger partial charge in [-0.05, 0) is 26.7 Å². The molecule has 68 valence electrons. The highest BCUT2D eigenvalue weighted by molar-refractivity contribution is 4.70. The summed E-state index contributed by atoms with van der Waals surface area (Å²) in [5.41, 5.74) is 11.1. The second kappa shape index (κ2) is 4.70. The fraction of sp³-hybridized carbons (Fsp3) is 1.00. The second-order valence-electron chi connectivity index (χ2n) is 3.56. The third-order valence-corrected chi connectivity index (χ3v) is 1.48. The second-order valence-corrected chi connectivity index (χ2v) is 3.56. The molecule has 0 radical (unpaired) electrons. The maximum absolute atomic E-state index is 5.74. The van der Waals surface area contributed by atoms with Crippen molar-refractivity contribution in [2.24, 2.45) is 11.5 Å². The first kappa shape index (κ1) is 10.9. The van der Waals surface area contributed by atoms with E-state index in [4.69, 9.17) is 16.2 Å². The topological polar surface area (TPSA) is 61.3 Å². The molecule has 3 heteroatoms. The lowest BCUT2D eigenvalue weighted by Gasteiger charge is -2.19. The minimum atomic E-state index is -0.145. The first-order chi connectivity index (χ1) is 4.95. The maximum Gasteiger partial charge on any atom is 0.105 e. The van der Waals surface area contributed by atoms with Crippen LogP contribution in [0.1, 0.15) is 33.6 Å². The summed E-state index contributed by atoms with van der Waals surface area (Å²) in [4.78, 5) is 0. The summed E-state index contributed by atoms with van der Waals surface area (Å²) >= 11 is 0. The van der Waals surface area contributed by atoms with Crippen LogP contribution in [-0.4, -0.2) is 18.4 Å². The Morgan fingerprint density at radius 3 is 2.36 bits per heavy atom. The van der Waals surface area contributed by atoms with Gasteiger partial charge in [0.05, 0.1) is 6.61 Å². The highest BCUT2D eigenvalue weighted by atomic mass is 16.5. The van der Waals surface area contributed by atoms with Crippen LogP contribution < -0.4 is 11.5 Å². The van der Waals surface area contributed by atoms with Crippen LogP contribution in [0.5, 0.6) is 0 Å². The van der Waals surface area contributed by atoms with Crippen molar-refractivity contribution >= 4 is 0 Å². The van der Waals surface area contributed by atoms with Gasteiger partial charge in [-0.2, -0.15) is 0 Å². The molecular formula is C8H20N2O. The fourth-order valence-corrected chi connectivity index (χ4v) is 0.591. The molecule has 0 aromatic carbocycles. The van der Waals surface area contributed by atoms with E-state index < -0.39 is 0 Å². The normalized spacial score (nSPS) is 15.0. The summed E-state index contributed by atoms with van der Waals surface area (Å²) in [7, 11) is 0. The largest absolute Gasteiger partial charge is 0.364 e. The number of hydrogen-bond donors (Lipinski definition) is 2. The molecule has 0 bridgehead atoms. The van der Waals surface area contributed by atoms with Gasteiger partial charge in [0, 0.05) is 5.54 Å². The minimum Gasteiger partial charge on any atom is -0.364 e. The van der Waals surface area contributed by atoms with Crippen LogP contribution in [0.2, 0.25) is 0 Å². The maximum atomic E-state index is 5.74. The molecule has 0 rings (SSSR count). The fourth-order valence-electron chi connectivity index (χ4n) is 0.591. The lowest BCUT2D eigenvalue weighted by atomic mass is 10.0. The lowest BCUT2D eigenvalue weighted by molar-refractivity contribution is 0.0460. The van der Waals surface area contributed by atoms with Crippen molar-refractivity contribution in [1.29, 1.82) is 0 Å². The van der Waals surface area contributed by atoms with Crippen LogP contribution in [0.3, 0.4) is 0 Å². The minimum absolute atomic E-state index is 0.127. The molecule has 1 unspecified atom stereocenters. The monoisotopic (exact) mass is 160 g/mol. The Hall–Kier alpha value is -0.120.